The number of carbonyl (C=O) groups is 4. The van der Waals surface area contributed by atoms with Gasteiger partial charge in [-0.25, -0.2) is 4.98 Å². The molecule has 0 spiro atoms. The van der Waals surface area contributed by atoms with Gasteiger partial charge in [-0.15, -0.1) is 0 Å². The summed E-state index contributed by atoms with van der Waals surface area (Å²) in [5.41, 5.74) is 7.17. The first-order valence-electron chi connectivity index (χ1n) is 8.51. The number of nitrogens with two attached hydrogens (primary N) is 1. The van der Waals surface area contributed by atoms with E-state index in [0.717, 1.165) is 0 Å². The van der Waals surface area contributed by atoms with Crippen LogP contribution >= 0.6 is 0 Å². The van der Waals surface area contributed by atoms with E-state index in [1.54, 1.807) is 30.3 Å². The lowest BCUT2D eigenvalue weighted by Crippen LogP contribution is -2.39. The van der Waals surface area contributed by atoms with Gasteiger partial charge in [0, 0.05) is 11.9 Å². The number of nitrogens with one attached hydrogen (secondary N) is 2. The first kappa shape index (κ1) is 25.1. The molecule has 0 aliphatic carbocycles. The van der Waals surface area contributed by atoms with Crippen LogP contribution in [0.4, 0.5) is 43.4 Å². The van der Waals surface area contributed by atoms with E-state index < -0.39 is 29.8 Å². The highest BCUT2D eigenvalue weighted by Crippen LogP contribution is 2.30. The molecular formula is C18H12F6N4O5. The first-order chi connectivity index (χ1) is 15.2. The predicted molar refractivity (Wildman–Crippen MR) is 99.3 cm³/mol. The van der Waals surface area contributed by atoms with Gasteiger partial charge in [0.15, 0.2) is 12.3 Å². The van der Waals surface area contributed by atoms with Gasteiger partial charge in [-0.1, -0.05) is 0 Å². The van der Waals surface area contributed by atoms with E-state index in [0.29, 0.717) is 22.8 Å². The second kappa shape index (κ2) is 9.54. The van der Waals surface area contributed by atoms with E-state index in [9.17, 15) is 45.5 Å². The van der Waals surface area contributed by atoms with Crippen LogP contribution in [0.25, 0.3) is 0 Å². The predicted octanol–water partition coefficient (Wildman–Crippen LogP) is 2.50. The number of ketones is 2. The fraction of sp³-hybridized carbons (Fsp3) is 0.167. The topological polar surface area (TPSA) is 140 Å². The maximum atomic E-state index is 12.1. The third kappa shape index (κ3) is 6.65. The smallest absolute Gasteiger partial charge is 0.458 e. The molecule has 2 amide bonds. The third-order valence-electron chi connectivity index (χ3n) is 3.65. The SMILES string of the molecule is Nc1cccnc1C(=O)Nc1ccc2c(c1)NC(=O)CO2.O=C(C(=O)C(F)(F)F)C(F)(F)F. The minimum Gasteiger partial charge on any atom is -0.482 e. The number of Topliss-reactive ketones (excluding diaryl/α,β-unsaturated/α-hetero) is 2. The van der Waals surface area contributed by atoms with Crippen molar-refractivity contribution in [1.82, 2.24) is 4.98 Å². The lowest BCUT2D eigenvalue weighted by atomic mass is 10.2. The van der Waals surface area contributed by atoms with Crippen LogP contribution in [0, 0.1) is 0 Å². The molecule has 4 N–H and O–H groups in total. The van der Waals surface area contributed by atoms with Crippen LogP contribution in [0.1, 0.15) is 10.5 Å². The van der Waals surface area contributed by atoms with Crippen molar-refractivity contribution in [2.45, 2.75) is 12.4 Å². The molecular weight excluding hydrogens is 466 g/mol. The number of carbonyl (C=O) groups excluding carboxylic acids is 4. The highest BCUT2D eigenvalue weighted by atomic mass is 19.4. The normalized spacial score (nSPS) is 12.8. The molecule has 1 aromatic carbocycles. The maximum absolute atomic E-state index is 12.1. The molecule has 1 aliphatic heterocycles. The Morgan fingerprint density at radius 3 is 2.18 bits per heavy atom. The van der Waals surface area contributed by atoms with Crippen molar-refractivity contribution in [3.8, 4) is 5.75 Å². The minimum absolute atomic E-state index is 0.0107. The first-order valence-corrected chi connectivity index (χ1v) is 8.51. The summed E-state index contributed by atoms with van der Waals surface area (Å²) in [6.45, 7) is -0.0107. The molecule has 33 heavy (non-hydrogen) atoms. The van der Waals surface area contributed by atoms with Crippen LogP contribution in [0.2, 0.25) is 0 Å². The van der Waals surface area contributed by atoms with Gasteiger partial charge in [-0.3, -0.25) is 19.2 Å². The van der Waals surface area contributed by atoms with E-state index in [-0.39, 0.29) is 18.2 Å². The van der Waals surface area contributed by atoms with Crippen LogP contribution in [0.3, 0.4) is 0 Å². The van der Waals surface area contributed by atoms with E-state index in [1.807, 2.05) is 0 Å². The second-order valence-electron chi connectivity index (χ2n) is 6.10. The van der Waals surface area contributed by atoms with Gasteiger partial charge < -0.3 is 21.1 Å². The monoisotopic (exact) mass is 478 g/mol. The lowest BCUT2D eigenvalue weighted by Gasteiger charge is -2.18. The molecule has 1 aliphatic rings. The number of benzene rings is 1. The molecule has 0 saturated heterocycles. The van der Waals surface area contributed by atoms with E-state index in [4.69, 9.17) is 10.5 Å². The Morgan fingerprint density at radius 2 is 1.64 bits per heavy atom. The molecule has 9 nitrogen and oxygen atoms in total. The molecule has 176 valence electrons. The highest BCUT2D eigenvalue weighted by Gasteiger charge is 2.54. The number of aromatic nitrogens is 1. The van der Waals surface area contributed by atoms with Gasteiger partial charge in [0.25, 0.3) is 11.8 Å². The number of nitrogen functional groups attached to an aromatic ring is 1. The number of pyridine rings is 1. The fourth-order valence-corrected chi connectivity index (χ4v) is 2.22. The zero-order valence-corrected chi connectivity index (χ0v) is 16.0. The van der Waals surface area contributed by atoms with Gasteiger partial charge in [-0.05, 0) is 30.3 Å². The molecule has 0 unspecified atom stereocenters. The summed E-state index contributed by atoms with van der Waals surface area (Å²) < 4.78 is 72.2. The summed E-state index contributed by atoms with van der Waals surface area (Å²) >= 11 is 0. The Bertz CT molecular complexity index is 1080. The number of nitrogens with zero attached hydrogens (tertiary/aromatic N) is 1. The van der Waals surface area contributed by atoms with Crippen molar-refractivity contribution in [2.24, 2.45) is 0 Å². The molecule has 0 bridgehead atoms. The van der Waals surface area contributed by atoms with Crippen molar-refractivity contribution in [3.63, 3.8) is 0 Å². The summed E-state index contributed by atoms with van der Waals surface area (Å²) in [5.74, 6) is -6.91. The number of ether oxygens (including phenoxy) is 1. The molecule has 2 aromatic rings. The summed E-state index contributed by atoms with van der Waals surface area (Å²) in [6.07, 6.45) is -10.1. The number of hydrogen-bond acceptors (Lipinski definition) is 7. The third-order valence-corrected chi connectivity index (χ3v) is 3.65. The molecule has 15 heteroatoms. The molecule has 3 rings (SSSR count). The Kier molecular flexibility index (Phi) is 7.25. The van der Waals surface area contributed by atoms with Crippen LogP contribution < -0.4 is 21.1 Å². The summed E-state index contributed by atoms with van der Waals surface area (Å²) in [4.78, 5) is 46.5. The van der Waals surface area contributed by atoms with E-state index >= 15 is 0 Å². The zero-order valence-electron chi connectivity index (χ0n) is 16.0. The van der Waals surface area contributed by atoms with Gasteiger partial charge in [0.2, 0.25) is 0 Å². The Morgan fingerprint density at radius 1 is 1.03 bits per heavy atom. The Balaban J connectivity index is 0.000000277. The standard InChI is InChI=1S/C14H12N4O3.C4F6O2/c15-9-2-1-5-16-13(9)14(20)17-8-3-4-11-10(6-8)18-12(19)7-21-11;5-3(6,7)1(11)2(12)4(8,9)10/h1-6H,7,15H2,(H,17,20)(H,18,19);. The molecule has 0 fully saturated rings. The van der Waals surface area contributed by atoms with Gasteiger partial charge in [-0.2, -0.15) is 26.3 Å². The lowest BCUT2D eigenvalue weighted by molar-refractivity contribution is -0.193. The number of fused-ring (bicyclic) bond motifs is 1. The average Bonchev–Trinajstić information content (AvgIpc) is 2.71. The number of alkyl halides is 6. The largest absolute Gasteiger partial charge is 0.482 e. The highest BCUT2D eigenvalue weighted by molar-refractivity contribution is 6.41. The van der Waals surface area contributed by atoms with Crippen LogP contribution in [0.5, 0.6) is 5.75 Å². The van der Waals surface area contributed by atoms with Gasteiger partial charge >= 0.3 is 23.9 Å². The Hall–Kier alpha value is -4.17. The van der Waals surface area contributed by atoms with E-state index in [1.165, 1.54) is 6.20 Å². The molecule has 0 atom stereocenters. The summed E-state index contributed by atoms with van der Waals surface area (Å²) in [6, 6.07) is 8.21. The minimum atomic E-state index is -5.77. The van der Waals surface area contributed by atoms with Crippen molar-refractivity contribution in [3.05, 3.63) is 42.2 Å². The Labute approximate surface area is 179 Å². The molecule has 0 radical (unpaired) electrons. The maximum Gasteiger partial charge on any atom is 0.458 e. The number of rotatable bonds is 3. The molecule has 0 saturated carbocycles. The van der Waals surface area contributed by atoms with Gasteiger partial charge in [0.05, 0.1) is 11.4 Å². The molecule has 1 aromatic heterocycles. The number of halogens is 6. The molecule has 2 heterocycles. The van der Waals surface area contributed by atoms with Crippen LogP contribution in [0.15, 0.2) is 36.5 Å². The van der Waals surface area contributed by atoms with Crippen molar-refractivity contribution in [2.75, 3.05) is 23.0 Å². The van der Waals surface area contributed by atoms with Crippen LogP contribution in [-0.4, -0.2) is 47.3 Å². The number of amides is 2. The van der Waals surface area contributed by atoms with Crippen LogP contribution in [-0.2, 0) is 14.4 Å². The van der Waals surface area contributed by atoms with E-state index in [2.05, 4.69) is 15.6 Å². The number of anilines is 3. The zero-order chi connectivity index (χ0) is 25.0. The van der Waals surface area contributed by atoms with Gasteiger partial charge in [0.1, 0.15) is 5.75 Å². The number of hydrogen-bond donors (Lipinski definition) is 3. The second-order valence-corrected chi connectivity index (χ2v) is 6.10. The van der Waals surface area contributed by atoms with Crippen molar-refractivity contribution >= 4 is 40.4 Å². The summed E-state index contributed by atoms with van der Waals surface area (Å²) in [5, 5.41) is 5.34. The fourth-order valence-electron chi connectivity index (χ4n) is 2.22. The average molecular weight is 478 g/mol. The quantitative estimate of drug-likeness (QED) is 0.455. The van der Waals surface area contributed by atoms with Crippen molar-refractivity contribution in [1.29, 1.82) is 0 Å². The van der Waals surface area contributed by atoms with Crippen molar-refractivity contribution < 1.29 is 50.3 Å². The summed E-state index contributed by atoms with van der Waals surface area (Å²) in [7, 11) is 0.